The molecule has 0 aliphatic carbocycles. The van der Waals surface area contributed by atoms with Gasteiger partial charge < -0.3 is 15.3 Å². The molecule has 0 saturated heterocycles. The predicted molar refractivity (Wildman–Crippen MR) is 96.0 cm³/mol. The lowest BCUT2D eigenvalue weighted by Crippen LogP contribution is -2.23. The van der Waals surface area contributed by atoms with E-state index in [0.29, 0.717) is 11.3 Å². The quantitative estimate of drug-likeness (QED) is 0.325. The number of nitrogens with zero attached hydrogens (tertiary/aromatic N) is 1. The third-order valence-electron chi connectivity index (χ3n) is 3.36. The van der Waals surface area contributed by atoms with E-state index in [1.54, 1.807) is 31.4 Å². The summed E-state index contributed by atoms with van der Waals surface area (Å²) in [6.07, 6.45) is 0. The molecule has 138 valence electrons. The van der Waals surface area contributed by atoms with Gasteiger partial charge in [-0.25, -0.2) is 17.9 Å². The van der Waals surface area contributed by atoms with E-state index in [4.69, 9.17) is 10.5 Å². The first kappa shape index (κ1) is 19.4. The summed E-state index contributed by atoms with van der Waals surface area (Å²) in [7, 11) is -2.13. The Labute approximate surface area is 151 Å². The maximum absolute atomic E-state index is 12.4. The summed E-state index contributed by atoms with van der Waals surface area (Å²) >= 11 is 0. The second-order valence-corrected chi connectivity index (χ2v) is 7.02. The first-order chi connectivity index (χ1) is 12.3. The molecular formula is C17H19N3O5S. The van der Waals surface area contributed by atoms with Crippen molar-refractivity contribution in [2.24, 2.45) is 10.9 Å². The second kappa shape index (κ2) is 8.45. The van der Waals surface area contributed by atoms with Crippen molar-refractivity contribution in [3.8, 4) is 5.75 Å². The van der Waals surface area contributed by atoms with Crippen LogP contribution >= 0.6 is 0 Å². The fraction of sp³-hybridized carbons (Fsp3) is 0.176. The lowest BCUT2D eigenvalue weighted by molar-refractivity contribution is -0.140. The molecule has 0 fully saturated rings. The molecule has 0 atom stereocenters. The van der Waals surface area contributed by atoms with E-state index >= 15 is 0 Å². The fourth-order valence-electron chi connectivity index (χ4n) is 1.98. The number of methoxy groups -OCH3 is 1. The molecule has 0 bridgehead atoms. The van der Waals surface area contributed by atoms with E-state index in [1.165, 1.54) is 31.2 Å². The molecule has 0 unspecified atom stereocenters. The summed E-state index contributed by atoms with van der Waals surface area (Å²) in [6.45, 7) is 1.34. The van der Waals surface area contributed by atoms with Crippen LogP contribution in [0.15, 0.2) is 58.6 Å². The summed E-state index contributed by atoms with van der Waals surface area (Å²) in [4.78, 5) is 15.2. The number of amidine groups is 1. The Kier molecular flexibility index (Phi) is 6.31. The third kappa shape index (κ3) is 5.30. The average Bonchev–Trinajstić information content (AvgIpc) is 2.65. The molecule has 8 nitrogen and oxygen atoms in total. The zero-order valence-corrected chi connectivity index (χ0v) is 15.1. The van der Waals surface area contributed by atoms with Gasteiger partial charge in [0.1, 0.15) is 5.75 Å². The number of hydrogen-bond donors (Lipinski definition) is 2. The van der Waals surface area contributed by atoms with Crippen molar-refractivity contribution in [3.05, 3.63) is 59.7 Å². The van der Waals surface area contributed by atoms with Crippen LogP contribution in [-0.4, -0.2) is 27.3 Å². The van der Waals surface area contributed by atoms with Gasteiger partial charge in [-0.3, -0.25) is 0 Å². The van der Waals surface area contributed by atoms with E-state index < -0.39 is 16.0 Å². The largest absolute Gasteiger partial charge is 0.497 e. The fourth-order valence-corrected chi connectivity index (χ4v) is 2.99. The number of hydrogen-bond acceptors (Lipinski definition) is 6. The Hall–Kier alpha value is -2.91. The number of ether oxygens (including phenoxy) is 1. The van der Waals surface area contributed by atoms with Crippen LogP contribution in [0.25, 0.3) is 0 Å². The van der Waals surface area contributed by atoms with Gasteiger partial charge in [0.2, 0.25) is 10.0 Å². The highest BCUT2D eigenvalue weighted by molar-refractivity contribution is 7.89. The van der Waals surface area contributed by atoms with Crippen molar-refractivity contribution >= 4 is 21.8 Å². The van der Waals surface area contributed by atoms with Crippen LogP contribution < -0.4 is 15.2 Å². The van der Waals surface area contributed by atoms with Crippen LogP contribution in [0.3, 0.4) is 0 Å². The Morgan fingerprint density at radius 1 is 1.12 bits per heavy atom. The number of benzene rings is 2. The smallest absolute Gasteiger partial charge is 0.332 e. The molecule has 9 heteroatoms. The topological polar surface area (TPSA) is 120 Å². The summed E-state index contributed by atoms with van der Waals surface area (Å²) in [5, 5.41) is 3.45. The van der Waals surface area contributed by atoms with Gasteiger partial charge in [-0.15, -0.1) is 0 Å². The zero-order chi connectivity index (χ0) is 19.2. The Morgan fingerprint density at radius 3 is 2.27 bits per heavy atom. The maximum Gasteiger partial charge on any atom is 0.332 e. The Balaban J connectivity index is 2.06. The van der Waals surface area contributed by atoms with Gasteiger partial charge in [0.05, 0.1) is 12.0 Å². The minimum Gasteiger partial charge on any atom is -0.497 e. The molecule has 2 aromatic carbocycles. The molecule has 0 aliphatic heterocycles. The van der Waals surface area contributed by atoms with Gasteiger partial charge in [0.15, 0.2) is 5.84 Å². The van der Waals surface area contributed by atoms with Crippen LogP contribution in [0.2, 0.25) is 0 Å². The van der Waals surface area contributed by atoms with E-state index in [1.807, 2.05) is 0 Å². The minimum absolute atomic E-state index is 0.0321. The highest BCUT2D eigenvalue weighted by Crippen LogP contribution is 2.14. The molecule has 0 aliphatic rings. The van der Waals surface area contributed by atoms with Crippen LogP contribution in [0.5, 0.6) is 5.75 Å². The Morgan fingerprint density at radius 2 is 1.73 bits per heavy atom. The molecule has 26 heavy (non-hydrogen) atoms. The van der Waals surface area contributed by atoms with Crippen molar-refractivity contribution in [3.63, 3.8) is 0 Å². The van der Waals surface area contributed by atoms with Crippen LogP contribution in [-0.2, 0) is 26.2 Å². The number of nitrogens with one attached hydrogen (secondary N) is 1. The van der Waals surface area contributed by atoms with Crippen LogP contribution in [0, 0.1) is 0 Å². The molecule has 2 aromatic rings. The Bertz CT molecular complexity index is 891. The van der Waals surface area contributed by atoms with Crippen LogP contribution in [0.1, 0.15) is 18.1 Å². The highest BCUT2D eigenvalue weighted by atomic mass is 32.2. The average molecular weight is 377 g/mol. The van der Waals surface area contributed by atoms with E-state index in [2.05, 4.69) is 14.7 Å². The zero-order valence-electron chi connectivity index (χ0n) is 14.3. The van der Waals surface area contributed by atoms with Gasteiger partial charge in [-0.1, -0.05) is 17.3 Å². The molecule has 0 saturated carbocycles. The first-order valence-electron chi connectivity index (χ1n) is 7.56. The van der Waals surface area contributed by atoms with Gasteiger partial charge >= 0.3 is 5.97 Å². The van der Waals surface area contributed by atoms with Crippen molar-refractivity contribution in [1.29, 1.82) is 0 Å². The second-order valence-electron chi connectivity index (χ2n) is 5.26. The van der Waals surface area contributed by atoms with Crippen molar-refractivity contribution in [2.45, 2.75) is 18.4 Å². The maximum atomic E-state index is 12.4. The molecule has 3 N–H and O–H groups in total. The molecule has 0 aromatic heterocycles. The van der Waals surface area contributed by atoms with E-state index in [9.17, 15) is 13.2 Å². The molecule has 0 amide bonds. The molecule has 0 heterocycles. The number of rotatable bonds is 7. The van der Waals surface area contributed by atoms with Gasteiger partial charge in [0.25, 0.3) is 0 Å². The SMILES string of the molecule is COc1ccc(CNS(=O)(=O)c2ccc(/C(N)=N/OC(C)=O)cc2)cc1. The number of nitrogens with two attached hydrogens (primary N) is 1. The molecule has 0 radical (unpaired) electrons. The standard InChI is InChI=1S/C17H19N3O5S/c1-12(21)25-20-17(18)14-5-9-16(10-6-14)26(22,23)19-11-13-3-7-15(24-2)8-4-13/h3-10,19H,11H2,1-2H3,(H2,18,20). The summed E-state index contributed by atoms with van der Waals surface area (Å²) in [6, 6.07) is 12.8. The number of oxime groups is 1. The molecule has 0 spiro atoms. The van der Waals surface area contributed by atoms with Gasteiger partial charge in [0, 0.05) is 19.0 Å². The highest BCUT2D eigenvalue weighted by Gasteiger charge is 2.14. The van der Waals surface area contributed by atoms with Gasteiger partial charge in [-0.2, -0.15) is 0 Å². The van der Waals surface area contributed by atoms with Crippen LogP contribution in [0.4, 0.5) is 0 Å². The summed E-state index contributed by atoms with van der Waals surface area (Å²) in [5.41, 5.74) is 6.88. The lowest BCUT2D eigenvalue weighted by atomic mass is 10.2. The first-order valence-corrected chi connectivity index (χ1v) is 9.04. The number of sulfonamides is 1. The summed E-state index contributed by atoms with van der Waals surface area (Å²) < 4.78 is 32.3. The summed E-state index contributed by atoms with van der Waals surface area (Å²) in [5.74, 6) is 0.0606. The third-order valence-corrected chi connectivity index (χ3v) is 4.78. The normalized spacial score (nSPS) is 11.8. The van der Waals surface area contributed by atoms with Crippen molar-refractivity contribution < 1.29 is 22.8 Å². The van der Waals surface area contributed by atoms with E-state index in [0.717, 1.165) is 5.56 Å². The minimum atomic E-state index is -3.69. The number of carbonyl (C=O) groups is 1. The van der Waals surface area contributed by atoms with Gasteiger partial charge in [-0.05, 0) is 42.0 Å². The van der Waals surface area contributed by atoms with Crippen molar-refractivity contribution in [2.75, 3.05) is 7.11 Å². The van der Waals surface area contributed by atoms with E-state index in [-0.39, 0.29) is 17.3 Å². The number of carbonyl (C=O) groups excluding carboxylic acids is 1. The van der Waals surface area contributed by atoms with Crippen molar-refractivity contribution in [1.82, 2.24) is 4.72 Å². The molecular weight excluding hydrogens is 358 g/mol. The molecule has 2 rings (SSSR count). The lowest BCUT2D eigenvalue weighted by Gasteiger charge is -2.08. The predicted octanol–water partition coefficient (Wildman–Crippen LogP) is 1.36. The monoisotopic (exact) mass is 377 g/mol.